The SMILES string of the molecule is COCc1nc(-c2ccco2)sc1C(=O)N1CCNCC1. The molecule has 1 N–H and O–H groups in total. The number of furan rings is 1. The number of nitrogens with zero attached hydrogens (tertiary/aromatic N) is 2. The highest BCUT2D eigenvalue weighted by Gasteiger charge is 2.25. The van der Waals surface area contributed by atoms with Crippen LogP contribution >= 0.6 is 11.3 Å². The minimum Gasteiger partial charge on any atom is -0.462 e. The van der Waals surface area contributed by atoms with Crippen molar-refractivity contribution in [2.45, 2.75) is 6.61 Å². The van der Waals surface area contributed by atoms with E-state index in [1.54, 1.807) is 13.4 Å². The predicted octanol–water partition coefficient (Wildman–Crippen LogP) is 1.59. The third-order valence-electron chi connectivity index (χ3n) is 3.31. The average Bonchev–Trinajstić information content (AvgIpc) is 3.17. The van der Waals surface area contributed by atoms with Crippen LogP contribution < -0.4 is 5.32 Å². The zero-order valence-corrected chi connectivity index (χ0v) is 12.6. The molecule has 6 nitrogen and oxygen atoms in total. The van der Waals surface area contributed by atoms with Crippen molar-refractivity contribution in [1.82, 2.24) is 15.2 Å². The molecule has 0 aliphatic carbocycles. The first-order valence-corrected chi connectivity index (χ1v) is 7.63. The number of piperazine rings is 1. The van der Waals surface area contributed by atoms with Crippen LogP contribution in [0.1, 0.15) is 15.4 Å². The Morgan fingerprint density at radius 2 is 2.33 bits per heavy atom. The first-order chi connectivity index (χ1) is 10.3. The second-order valence-electron chi connectivity index (χ2n) is 4.75. The molecule has 1 fully saturated rings. The molecule has 0 spiro atoms. The van der Waals surface area contributed by atoms with Crippen molar-refractivity contribution in [1.29, 1.82) is 0 Å². The van der Waals surface area contributed by atoms with Gasteiger partial charge in [0, 0.05) is 33.3 Å². The highest BCUT2D eigenvalue weighted by Crippen LogP contribution is 2.30. The van der Waals surface area contributed by atoms with Gasteiger partial charge < -0.3 is 19.4 Å². The fraction of sp³-hybridized carbons (Fsp3) is 0.429. The number of hydrogen-bond acceptors (Lipinski definition) is 6. The summed E-state index contributed by atoms with van der Waals surface area (Å²) in [5.41, 5.74) is 0.678. The van der Waals surface area contributed by atoms with E-state index in [0.29, 0.717) is 27.9 Å². The van der Waals surface area contributed by atoms with Gasteiger partial charge in [-0.3, -0.25) is 4.79 Å². The molecule has 1 amide bonds. The van der Waals surface area contributed by atoms with Gasteiger partial charge in [0.1, 0.15) is 4.88 Å². The number of aromatic nitrogens is 1. The van der Waals surface area contributed by atoms with E-state index in [2.05, 4.69) is 10.3 Å². The third kappa shape index (κ3) is 2.99. The van der Waals surface area contributed by atoms with Gasteiger partial charge in [-0.15, -0.1) is 11.3 Å². The maximum Gasteiger partial charge on any atom is 0.266 e. The summed E-state index contributed by atoms with van der Waals surface area (Å²) in [7, 11) is 1.60. The van der Waals surface area contributed by atoms with E-state index in [-0.39, 0.29) is 5.91 Å². The zero-order valence-electron chi connectivity index (χ0n) is 11.8. The molecule has 3 rings (SSSR count). The lowest BCUT2D eigenvalue weighted by molar-refractivity contribution is 0.0735. The summed E-state index contributed by atoms with van der Waals surface area (Å²) < 4.78 is 10.5. The smallest absolute Gasteiger partial charge is 0.266 e. The van der Waals surface area contributed by atoms with E-state index in [1.165, 1.54) is 11.3 Å². The molecular weight excluding hydrogens is 290 g/mol. The maximum absolute atomic E-state index is 12.7. The maximum atomic E-state index is 12.7. The topological polar surface area (TPSA) is 67.6 Å². The second-order valence-corrected chi connectivity index (χ2v) is 5.75. The molecule has 3 heterocycles. The average molecular weight is 307 g/mol. The van der Waals surface area contributed by atoms with E-state index >= 15 is 0 Å². The number of ether oxygens (including phenoxy) is 1. The Morgan fingerprint density at radius 1 is 1.52 bits per heavy atom. The first kappa shape index (κ1) is 14.2. The molecule has 1 aliphatic rings. The molecule has 112 valence electrons. The lowest BCUT2D eigenvalue weighted by Gasteiger charge is -2.27. The van der Waals surface area contributed by atoms with E-state index in [0.717, 1.165) is 26.2 Å². The zero-order chi connectivity index (χ0) is 14.7. The quantitative estimate of drug-likeness (QED) is 0.929. The largest absolute Gasteiger partial charge is 0.462 e. The molecule has 2 aromatic rings. The Morgan fingerprint density at radius 3 is 3.00 bits per heavy atom. The molecule has 0 saturated carbocycles. The number of carbonyl (C=O) groups excluding carboxylic acids is 1. The fourth-order valence-electron chi connectivity index (χ4n) is 2.27. The van der Waals surface area contributed by atoms with Gasteiger partial charge in [-0.25, -0.2) is 4.98 Å². The summed E-state index contributed by atoms with van der Waals surface area (Å²) in [6.07, 6.45) is 1.60. The van der Waals surface area contributed by atoms with Crippen molar-refractivity contribution in [3.8, 4) is 10.8 Å². The van der Waals surface area contributed by atoms with Crippen LogP contribution in [0.5, 0.6) is 0 Å². The molecule has 1 saturated heterocycles. The van der Waals surface area contributed by atoms with Gasteiger partial charge in [0.25, 0.3) is 5.91 Å². The van der Waals surface area contributed by atoms with Crippen LogP contribution in [0.3, 0.4) is 0 Å². The Labute approximate surface area is 126 Å². The minimum absolute atomic E-state index is 0.0267. The van der Waals surface area contributed by atoms with Gasteiger partial charge in [-0.1, -0.05) is 0 Å². The molecule has 0 aromatic carbocycles. The minimum atomic E-state index is 0.0267. The van der Waals surface area contributed by atoms with Crippen LogP contribution in [0.2, 0.25) is 0 Å². The van der Waals surface area contributed by atoms with Crippen LogP contribution in [-0.4, -0.2) is 49.1 Å². The molecule has 1 aliphatic heterocycles. The number of carbonyl (C=O) groups is 1. The van der Waals surface area contributed by atoms with Gasteiger partial charge in [0.15, 0.2) is 10.8 Å². The molecule has 0 bridgehead atoms. The lowest BCUT2D eigenvalue weighted by atomic mass is 10.3. The standard InChI is InChI=1S/C14H17N3O3S/c1-19-9-10-12(14(18)17-6-4-15-5-7-17)21-13(16-10)11-3-2-8-20-11/h2-3,8,15H,4-7,9H2,1H3. The van der Waals surface area contributed by atoms with E-state index in [9.17, 15) is 4.79 Å². The van der Waals surface area contributed by atoms with Gasteiger partial charge >= 0.3 is 0 Å². The molecule has 2 aromatic heterocycles. The Hall–Kier alpha value is -1.70. The van der Waals surface area contributed by atoms with Gasteiger partial charge in [0.05, 0.1) is 18.6 Å². The van der Waals surface area contributed by atoms with Crippen molar-refractivity contribution in [2.24, 2.45) is 0 Å². The van der Waals surface area contributed by atoms with Gasteiger partial charge in [-0.05, 0) is 12.1 Å². The second kappa shape index (κ2) is 6.38. The predicted molar refractivity (Wildman–Crippen MR) is 79.3 cm³/mol. The summed E-state index contributed by atoms with van der Waals surface area (Å²) in [5, 5.41) is 3.96. The molecule has 0 atom stereocenters. The molecule has 0 radical (unpaired) electrons. The van der Waals surface area contributed by atoms with Crippen molar-refractivity contribution >= 4 is 17.2 Å². The number of rotatable bonds is 4. The number of hydrogen-bond donors (Lipinski definition) is 1. The lowest BCUT2D eigenvalue weighted by Crippen LogP contribution is -2.46. The van der Waals surface area contributed by atoms with E-state index in [1.807, 2.05) is 17.0 Å². The molecule has 21 heavy (non-hydrogen) atoms. The van der Waals surface area contributed by atoms with Gasteiger partial charge in [-0.2, -0.15) is 0 Å². The number of amides is 1. The Balaban J connectivity index is 1.90. The van der Waals surface area contributed by atoms with Crippen molar-refractivity contribution in [3.63, 3.8) is 0 Å². The number of thiazole rings is 1. The number of methoxy groups -OCH3 is 1. The van der Waals surface area contributed by atoms with E-state index < -0.39 is 0 Å². The van der Waals surface area contributed by atoms with Crippen molar-refractivity contribution < 1.29 is 13.9 Å². The van der Waals surface area contributed by atoms with Crippen LogP contribution in [0, 0.1) is 0 Å². The monoisotopic (exact) mass is 307 g/mol. The van der Waals surface area contributed by atoms with Crippen LogP contribution in [-0.2, 0) is 11.3 Å². The van der Waals surface area contributed by atoms with Crippen LogP contribution in [0.15, 0.2) is 22.8 Å². The van der Waals surface area contributed by atoms with Crippen molar-refractivity contribution in [3.05, 3.63) is 29.0 Å². The molecule has 7 heteroatoms. The van der Waals surface area contributed by atoms with E-state index in [4.69, 9.17) is 9.15 Å². The first-order valence-electron chi connectivity index (χ1n) is 6.82. The van der Waals surface area contributed by atoms with Crippen molar-refractivity contribution in [2.75, 3.05) is 33.3 Å². The molecular formula is C14H17N3O3S. The Bertz CT molecular complexity index is 603. The molecule has 0 unspecified atom stereocenters. The number of nitrogens with one attached hydrogen (secondary N) is 1. The highest BCUT2D eigenvalue weighted by molar-refractivity contribution is 7.17. The summed E-state index contributed by atoms with van der Waals surface area (Å²) in [4.78, 5) is 19.7. The van der Waals surface area contributed by atoms with Gasteiger partial charge in [0.2, 0.25) is 0 Å². The summed E-state index contributed by atoms with van der Waals surface area (Å²) >= 11 is 1.36. The third-order valence-corrected chi connectivity index (χ3v) is 4.41. The highest BCUT2D eigenvalue weighted by atomic mass is 32.1. The summed E-state index contributed by atoms with van der Waals surface area (Å²) in [6.45, 7) is 3.42. The van der Waals surface area contributed by atoms with Crippen LogP contribution in [0.25, 0.3) is 10.8 Å². The summed E-state index contributed by atoms with van der Waals surface area (Å²) in [6, 6.07) is 3.65. The summed E-state index contributed by atoms with van der Waals surface area (Å²) in [5.74, 6) is 0.704. The van der Waals surface area contributed by atoms with Crippen LogP contribution in [0.4, 0.5) is 0 Å². The Kier molecular flexibility index (Phi) is 4.33. The fourth-order valence-corrected chi connectivity index (χ4v) is 3.28. The normalized spacial score (nSPS) is 15.4.